The second-order valence-corrected chi connectivity index (χ2v) is 7.74. The van der Waals surface area contributed by atoms with E-state index >= 15 is 0 Å². The molecule has 1 saturated heterocycles. The minimum atomic E-state index is -3.75. The SMILES string of the molecule is Cc1cc(C)c(S(=O)(=O)NCCCN2CCNCC2)cc1[N+](=O)[O-].Cl.Cl. The summed E-state index contributed by atoms with van der Waals surface area (Å²) in [6.45, 7) is 8.24. The average Bonchev–Trinajstić information content (AvgIpc) is 2.52. The number of nitrogens with one attached hydrogen (secondary N) is 2. The van der Waals surface area contributed by atoms with Gasteiger partial charge in [0.25, 0.3) is 5.69 Å². The third-order valence-electron chi connectivity index (χ3n) is 4.13. The lowest BCUT2D eigenvalue weighted by Crippen LogP contribution is -2.44. The number of hydrogen-bond donors (Lipinski definition) is 2. The van der Waals surface area contributed by atoms with Crippen molar-refractivity contribution in [1.82, 2.24) is 14.9 Å². The third kappa shape index (κ3) is 6.64. The Morgan fingerprint density at radius 2 is 1.81 bits per heavy atom. The van der Waals surface area contributed by atoms with Crippen molar-refractivity contribution in [2.75, 3.05) is 39.3 Å². The second kappa shape index (κ2) is 11.0. The van der Waals surface area contributed by atoms with Crippen molar-refractivity contribution in [3.63, 3.8) is 0 Å². The Bertz CT molecular complexity index is 710. The highest BCUT2D eigenvalue weighted by molar-refractivity contribution is 7.89. The highest BCUT2D eigenvalue weighted by Gasteiger charge is 2.22. The van der Waals surface area contributed by atoms with Gasteiger partial charge in [-0.15, -0.1) is 24.8 Å². The fourth-order valence-corrected chi connectivity index (χ4v) is 4.15. The lowest BCUT2D eigenvalue weighted by molar-refractivity contribution is -0.385. The van der Waals surface area contributed by atoms with Crippen LogP contribution in [0.1, 0.15) is 17.5 Å². The maximum Gasteiger partial charge on any atom is 0.273 e. The molecular weight excluding hydrogens is 403 g/mol. The molecule has 0 bridgehead atoms. The van der Waals surface area contributed by atoms with Gasteiger partial charge in [-0.3, -0.25) is 10.1 Å². The Morgan fingerprint density at radius 1 is 1.19 bits per heavy atom. The van der Waals surface area contributed by atoms with Crippen molar-refractivity contribution in [3.8, 4) is 0 Å². The van der Waals surface area contributed by atoms with Gasteiger partial charge >= 0.3 is 0 Å². The highest BCUT2D eigenvalue weighted by Crippen LogP contribution is 2.25. The van der Waals surface area contributed by atoms with Crippen molar-refractivity contribution >= 4 is 40.5 Å². The van der Waals surface area contributed by atoms with E-state index in [0.29, 0.717) is 24.1 Å². The van der Waals surface area contributed by atoms with E-state index in [9.17, 15) is 18.5 Å². The van der Waals surface area contributed by atoms with Gasteiger partial charge in [-0.2, -0.15) is 0 Å². The summed E-state index contributed by atoms with van der Waals surface area (Å²) in [4.78, 5) is 12.7. The minimum absolute atomic E-state index is 0. The standard InChI is InChI=1S/C15H24N4O4S.2ClH/c1-12-10-13(2)15(11-14(12)19(20)21)24(22,23)17-4-3-7-18-8-5-16-6-9-18;;/h10-11,16-17H,3-9H2,1-2H3;2*1H. The molecule has 0 aromatic heterocycles. The number of hydrogen-bond acceptors (Lipinski definition) is 6. The van der Waals surface area contributed by atoms with Gasteiger partial charge in [-0.05, 0) is 38.4 Å². The van der Waals surface area contributed by atoms with Crippen molar-refractivity contribution < 1.29 is 13.3 Å². The molecule has 1 fully saturated rings. The van der Waals surface area contributed by atoms with Gasteiger partial charge in [-0.1, -0.05) is 0 Å². The summed E-state index contributed by atoms with van der Waals surface area (Å²) in [7, 11) is -3.75. The van der Waals surface area contributed by atoms with E-state index < -0.39 is 14.9 Å². The summed E-state index contributed by atoms with van der Waals surface area (Å²) in [5, 5.41) is 14.3. The zero-order valence-corrected chi connectivity index (χ0v) is 17.3. The monoisotopic (exact) mass is 428 g/mol. The van der Waals surface area contributed by atoms with Crippen LogP contribution in [0.2, 0.25) is 0 Å². The molecule has 0 saturated carbocycles. The first-order chi connectivity index (χ1) is 11.3. The lowest BCUT2D eigenvalue weighted by atomic mass is 10.1. The Labute approximate surface area is 166 Å². The van der Waals surface area contributed by atoms with E-state index in [1.807, 2.05) is 0 Å². The predicted octanol–water partition coefficient (Wildman–Crippen LogP) is 1.63. The molecule has 1 aromatic carbocycles. The van der Waals surface area contributed by atoms with Crippen molar-refractivity contribution in [2.45, 2.75) is 25.2 Å². The molecule has 1 aliphatic heterocycles. The normalized spacial score (nSPS) is 15.0. The summed E-state index contributed by atoms with van der Waals surface area (Å²) in [5.41, 5.74) is 0.782. The fraction of sp³-hybridized carbons (Fsp3) is 0.600. The molecule has 0 atom stereocenters. The van der Waals surface area contributed by atoms with Crippen molar-refractivity contribution in [1.29, 1.82) is 0 Å². The molecule has 0 spiro atoms. The van der Waals surface area contributed by atoms with Gasteiger partial charge in [0.2, 0.25) is 10.0 Å². The van der Waals surface area contributed by atoms with E-state index in [2.05, 4.69) is 14.9 Å². The quantitative estimate of drug-likeness (QED) is 0.388. The average molecular weight is 429 g/mol. The highest BCUT2D eigenvalue weighted by atomic mass is 35.5. The lowest BCUT2D eigenvalue weighted by Gasteiger charge is -2.27. The Kier molecular flexibility index (Phi) is 10.6. The molecule has 8 nitrogen and oxygen atoms in total. The molecule has 1 aliphatic rings. The molecule has 0 aliphatic carbocycles. The number of nitrogens with zero attached hydrogens (tertiary/aromatic N) is 2. The van der Waals surface area contributed by atoms with Crippen LogP contribution in [-0.4, -0.2) is 57.5 Å². The molecule has 0 radical (unpaired) electrons. The molecule has 26 heavy (non-hydrogen) atoms. The Hall–Kier alpha value is -0.970. The van der Waals surface area contributed by atoms with Crippen LogP contribution < -0.4 is 10.0 Å². The molecule has 0 amide bonds. The largest absolute Gasteiger partial charge is 0.314 e. The summed E-state index contributed by atoms with van der Waals surface area (Å²) in [6.07, 6.45) is 0.701. The maximum absolute atomic E-state index is 12.4. The number of nitro benzene ring substituents is 1. The molecule has 150 valence electrons. The second-order valence-electron chi connectivity index (χ2n) is 6.00. The van der Waals surface area contributed by atoms with Crippen LogP contribution in [0.5, 0.6) is 0 Å². The number of halogens is 2. The number of nitro groups is 1. The molecule has 11 heteroatoms. The summed E-state index contributed by atoms with van der Waals surface area (Å²) < 4.78 is 27.4. The van der Waals surface area contributed by atoms with Crippen LogP contribution >= 0.6 is 24.8 Å². The van der Waals surface area contributed by atoms with Crippen LogP contribution in [-0.2, 0) is 10.0 Å². The van der Waals surface area contributed by atoms with Crippen LogP contribution in [0.4, 0.5) is 5.69 Å². The number of benzene rings is 1. The molecule has 2 rings (SSSR count). The number of aryl methyl sites for hydroxylation is 2. The van der Waals surface area contributed by atoms with Crippen LogP contribution in [0, 0.1) is 24.0 Å². The minimum Gasteiger partial charge on any atom is -0.314 e. The van der Waals surface area contributed by atoms with Gasteiger partial charge in [0.1, 0.15) is 0 Å². The van der Waals surface area contributed by atoms with Crippen molar-refractivity contribution in [3.05, 3.63) is 33.4 Å². The first kappa shape index (κ1) is 25.0. The van der Waals surface area contributed by atoms with Crippen molar-refractivity contribution in [2.24, 2.45) is 0 Å². The summed E-state index contributed by atoms with van der Waals surface area (Å²) in [6, 6.07) is 2.68. The van der Waals surface area contributed by atoms with Crippen LogP contribution in [0.15, 0.2) is 17.0 Å². The van der Waals surface area contributed by atoms with Gasteiger partial charge in [-0.25, -0.2) is 13.1 Å². The van der Waals surface area contributed by atoms with Gasteiger partial charge in [0.15, 0.2) is 0 Å². The molecule has 0 unspecified atom stereocenters. The maximum atomic E-state index is 12.4. The van der Waals surface area contributed by atoms with Gasteiger partial charge in [0.05, 0.1) is 9.82 Å². The number of sulfonamides is 1. The molecule has 1 heterocycles. The zero-order valence-electron chi connectivity index (χ0n) is 14.9. The smallest absolute Gasteiger partial charge is 0.273 e. The first-order valence-electron chi connectivity index (χ1n) is 7.99. The molecule has 1 aromatic rings. The summed E-state index contributed by atoms with van der Waals surface area (Å²) >= 11 is 0. The van der Waals surface area contributed by atoms with E-state index in [1.54, 1.807) is 13.8 Å². The summed E-state index contributed by atoms with van der Waals surface area (Å²) in [5.74, 6) is 0. The predicted molar refractivity (Wildman–Crippen MR) is 106 cm³/mol. The van der Waals surface area contributed by atoms with E-state index in [0.717, 1.165) is 38.8 Å². The fourth-order valence-electron chi connectivity index (χ4n) is 2.83. The van der Waals surface area contributed by atoms with Gasteiger partial charge < -0.3 is 10.2 Å². The van der Waals surface area contributed by atoms with Crippen LogP contribution in [0.3, 0.4) is 0 Å². The Balaban J connectivity index is 0.00000312. The molecular formula is C15H26Cl2N4O4S. The number of piperazine rings is 1. The third-order valence-corrected chi connectivity index (χ3v) is 5.74. The van der Waals surface area contributed by atoms with E-state index in [4.69, 9.17) is 0 Å². The first-order valence-corrected chi connectivity index (χ1v) is 9.48. The topological polar surface area (TPSA) is 105 Å². The zero-order chi connectivity index (χ0) is 17.7. The van der Waals surface area contributed by atoms with Gasteiger partial charge in [0, 0.05) is 44.4 Å². The van der Waals surface area contributed by atoms with E-state index in [1.165, 1.54) is 6.07 Å². The van der Waals surface area contributed by atoms with E-state index in [-0.39, 0.29) is 35.4 Å². The van der Waals surface area contributed by atoms with Crippen LogP contribution in [0.25, 0.3) is 0 Å². The Morgan fingerprint density at radius 3 is 2.38 bits per heavy atom. The molecule has 2 N–H and O–H groups in total. The number of rotatable bonds is 7.